The van der Waals surface area contributed by atoms with Gasteiger partial charge in [-0.15, -0.1) is 0 Å². The number of ether oxygens (including phenoxy) is 1. The highest BCUT2D eigenvalue weighted by atomic mass is 16.5. The van der Waals surface area contributed by atoms with E-state index in [1.54, 1.807) is 6.20 Å². The Labute approximate surface area is 292 Å². The molecule has 1 aromatic heterocycles. The zero-order valence-electron chi connectivity index (χ0n) is 29.8. The third kappa shape index (κ3) is 14.2. The first kappa shape index (κ1) is 37.1. The van der Waals surface area contributed by atoms with Gasteiger partial charge in [-0.25, -0.2) is 0 Å². The van der Waals surface area contributed by atoms with Crippen LogP contribution in [0.5, 0.6) is 5.75 Å². The molecule has 0 bridgehead atoms. The summed E-state index contributed by atoms with van der Waals surface area (Å²) < 4.78 is 6.67. The molecule has 0 amide bonds. The van der Waals surface area contributed by atoms with Gasteiger partial charge in [0.05, 0.1) is 12.3 Å². The predicted molar refractivity (Wildman–Crippen MR) is 208 cm³/mol. The number of nitrogens with zero attached hydrogens (tertiary/aromatic N) is 2. The van der Waals surface area contributed by atoms with Crippen molar-refractivity contribution in [1.82, 2.24) is 4.98 Å². The number of aliphatic imine (C=N–C) groups is 1. The van der Waals surface area contributed by atoms with Crippen LogP contribution in [0.25, 0.3) is 22.3 Å². The first-order valence-electron chi connectivity index (χ1n) is 19.2. The number of hydrogen-bond acceptors (Lipinski definition) is 3. The molecule has 0 radical (unpaired) electrons. The van der Waals surface area contributed by atoms with Gasteiger partial charge in [0, 0.05) is 36.2 Å². The molecule has 0 spiro atoms. The van der Waals surface area contributed by atoms with Crippen molar-refractivity contribution < 1.29 is 4.74 Å². The van der Waals surface area contributed by atoms with Crippen molar-refractivity contribution in [2.45, 2.75) is 129 Å². The lowest BCUT2D eigenvalue weighted by molar-refractivity contribution is 0.306. The Kier molecular flexibility index (Phi) is 18.2. The maximum absolute atomic E-state index is 6.67. The second-order valence-corrected chi connectivity index (χ2v) is 13.3. The number of aromatic nitrogens is 1. The molecule has 0 aliphatic carbocycles. The molecule has 256 valence electrons. The summed E-state index contributed by atoms with van der Waals surface area (Å²) in [7, 11) is 0. The number of pyridine rings is 1. The summed E-state index contributed by atoms with van der Waals surface area (Å²) in [5, 5.41) is 0. The molecule has 0 unspecified atom stereocenters. The molecule has 0 N–H and O–H groups in total. The third-order valence-electron chi connectivity index (χ3n) is 9.28. The van der Waals surface area contributed by atoms with Crippen molar-refractivity contribution in [1.29, 1.82) is 0 Å². The highest BCUT2D eigenvalue weighted by Gasteiger charge is 2.16. The van der Waals surface area contributed by atoms with Gasteiger partial charge in [0.2, 0.25) is 0 Å². The molecule has 0 fully saturated rings. The van der Waals surface area contributed by atoms with E-state index in [9.17, 15) is 0 Å². The molecule has 3 nitrogen and oxygen atoms in total. The lowest BCUT2D eigenvalue weighted by atomic mass is 9.96. The van der Waals surface area contributed by atoms with E-state index in [4.69, 9.17) is 9.73 Å². The maximum atomic E-state index is 6.67. The second-order valence-electron chi connectivity index (χ2n) is 13.3. The number of unbranched alkanes of at least 4 members (excludes halogenated alkanes) is 17. The summed E-state index contributed by atoms with van der Waals surface area (Å²) in [6, 6.07) is 29.6. The summed E-state index contributed by atoms with van der Waals surface area (Å²) in [5.74, 6) is 0.950. The fourth-order valence-corrected chi connectivity index (χ4v) is 6.46. The summed E-state index contributed by atoms with van der Waals surface area (Å²) in [6.45, 7) is 3.02. The first-order chi connectivity index (χ1) is 23.8. The number of hydrogen-bond donors (Lipinski definition) is 0. The van der Waals surface area contributed by atoms with E-state index in [-0.39, 0.29) is 0 Å². The van der Waals surface area contributed by atoms with E-state index in [1.165, 1.54) is 109 Å². The van der Waals surface area contributed by atoms with Gasteiger partial charge in [-0.05, 0) is 41.3 Å². The monoisotopic (exact) mass is 644 g/mol. The molecular weight excluding hydrogens is 585 g/mol. The Morgan fingerprint density at radius 3 is 1.50 bits per heavy atom. The molecule has 0 saturated heterocycles. The van der Waals surface area contributed by atoms with Crippen LogP contribution in [0.2, 0.25) is 0 Å². The van der Waals surface area contributed by atoms with Crippen LogP contribution >= 0.6 is 0 Å². The van der Waals surface area contributed by atoms with Crippen molar-refractivity contribution in [3.8, 4) is 28.0 Å². The molecule has 0 saturated carbocycles. The minimum Gasteiger partial charge on any atom is -0.492 e. The van der Waals surface area contributed by atoms with Crippen LogP contribution < -0.4 is 4.74 Å². The van der Waals surface area contributed by atoms with Crippen molar-refractivity contribution in [2.24, 2.45) is 4.99 Å². The van der Waals surface area contributed by atoms with Gasteiger partial charge in [-0.2, -0.15) is 0 Å². The smallest absolute Gasteiger partial charge is 0.135 e. The van der Waals surface area contributed by atoms with Crippen LogP contribution in [0.4, 0.5) is 5.69 Å². The molecule has 0 aliphatic heterocycles. The zero-order valence-corrected chi connectivity index (χ0v) is 29.8. The SMILES string of the molecule is CCCCCCCCCCCCCCCCCCCCOc1c(-c2ccccc2)cc(N=CCc2cccnc2)cc1-c1ccccc1. The van der Waals surface area contributed by atoms with Crippen LogP contribution in [-0.4, -0.2) is 17.8 Å². The summed E-state index contributed by atoms with van der Waals surface area (Å²) >= 11 is 0. The molecule has 1 heterocycles. The van der Waals surface area contributed by atoms with Gasteiger partial charge in [-0.3, -0.25) is 9.98 Å². The Bertz CT molecular complexity index is 1340. The van der Waals surface area contributed by atoms with E-state index < -0.39 is 0 Å². The molecule has 0 atom stereocenters. The Morgan fingerprint density at radius 1 is 0.562 bits per heavy atom. The lowest BCUT2D eigenvalue weighted by Crippen LogP contribution is -2.01. The molecule has 3 aromatic carbocycles. The van der Waals surface area contributed by atoms with E-state index in [1.807, 2.05) is 18.5 Å². The molecule has 4 aromatic rings. The Balaban J connectivity index is 1.22. The van der Waals surface area contributed by atoms with Crippen LogP contribution in [0.1, 0.15) is 128 Å². The highest BCUT2D eigenvalue weighted by molar-refractivity contribution is 5.86. The minimum absolute atomic E-state index is 0.724. The quantitative estimate of drug-likeness (QED) is 0.0531. The molecule has 0 aliphatic rings. The fraction of sp³-hybridized carbons (Fsp3) is 0.467. The Hall–Kier alpha value is -3.72. The molecule has 4 rings (SSSR count). The fourth-order valence-electron chi connectivity index (χ4n) is 6.46. The van der Waals surface area contributed by atoms with Crippen LogP contribution in [0, 0.1) is 0 Å². The van der Waals surface area contributed by atoms with E-state index in [0.717, 1.165) is 58.7 Å². The van der Waals surface area contributed by atoms with Gasteiger partial charge in [0.15, 0.2) is 0 Å². The molecular formula is C45H60N2O. The van der Waals surface area contributed by atoms with Crippen LogP contribution in [-0.2, 0) is 6.42 Å². The van der Waals surface area contributed by atoms with Gasteiger partial charge < -0.3 is 4.74 Å². The van der Waals surface area contributed by atoms with Crippen LogP contribution in [0.3, 0.4) is 0 Å². The average Bonchev–Trinajstić information content (AvgIpc) is 3.14. The van der Waals surface area contributed by atoms with Crippen LogP contribution in [0.15, 0.2) is 102 Å². The van der Waals surface area contributed by atoms with Gasteiger partial charge in [-0.1, -0.05) is 183 Å². The van der Waals surface area contributed by atoms with Gasteiger partial charge in [0.1, 0.15) is 5.75 Å². The Morgan fingerprint density at radius 2 is 1.04 bits per heavy atom. The molecule has 3 heteroatoms. The average molecular weight is 645 g/mol. The van der Waals surface area contributed by atoms with Crippen molar-refractivity contribution in [2.75, 3.05) is 6.61 Å². The largest absolute Gasteiger partial charge is 0.492 e. The predicted octanol–water partition coefficient (Wildman–Crippen LogP) is 13.8. The van der Waals surface area contributed by atoms with E-state index in [2.05, 4.69) is 90.8 Å². The minimum atomic E-state index is 0.724. The second kappa shape index (κ2) is 23.6. The standard InChI is InChI=1S/C45H60N2O/c1-2-3-4-5-6-7-8-9-10-11-12-13-14-15-16-17-18-25-35-48-45-43(40-28-21-19-22-29-40)36-42(37-44(45)41-30-23-20-24-31-41)47-34-32-39-27-26-33-46-38-39/h19-24,26-31,33-34,36-38H,2-18,25,32,35H2,1H3. The third-order valence-corrected chi connectivity index (χ3v) is 9.28. The van der Waals surface area contributed by atoms with Crippen molar-refractivity contribution in [3.05, 3.63) is 103 Å². The summed E-state index contributed by atoms with van der Waals surface area (Å²) in [6.07, 6.45) is 31.3. The van der Waals surface area contributed by atoms with E-state index >= 15 is 0 Å². The number of rotatable bonds is 25. The zero-order chi connectivity index (χ0) is 33.3. The van der Waals surface area contributed by atoms with Gasteiger partial charge in [0.25, 0.3) is 0 Å². The maximum Gasteiger partial charge on any atom is 0.135 e. The van der Waals surface area contributed by atoms with Crippen molar-refractivity contribution >= 4 is 11.9 Å². The summed E-state index contributed by atoms with van der Waals surface area (Å²) in [4.78, 5) is 9.13. The van der Waals surface area contributed by atoms with Crippen molar-refractivity contribution in [3.63, 3.8) is 0 Å². The lowest BCUT2D eigenvalue weighted by Gasteiger charge is -2.18. The number of benzene rings is 3. The highest BCUT2D eigenvalue weighted by Crippen LogP contribution is 2.42. The summed E-state index contributed by atoms with van der Waals surface area (Å²) in [5.41, 5.74) is 6.55. The van der Waals surface area contributed by atoms with E-state index in [0.29, 0.717) is 0 Å². The van der Waals surface area contributed by atoms with Gasteiger partial charge >= 0.3 is 0 Å². The molecule has 48 heavy (non-hydrogen) atoms. The first-order valence-corrected chi connectivity index (χ1v) is 19.2. The normalized spacial score (nSPS) is 11.4. The topological polar surface area (TPSA) is 34.5 Å².